The Hall–Kier alpha value is -0.870. The van der Waals surface area contributed by atoms with Gasteiger partial charge in [0.15, 0.2) is 0 Å². The van der Waals surface area contributed by atoms with Crippen LogP contribution in [0.3, 0.4) is 0 Å². The minimum atomic E-state index is 0.302. The number of nitrogens with zero attached hydrogens (tertiary/aromatic N) is 2. The van der Waals surface area contributed by atoms with E-state index in [1.54, 1.807) is 0 Å². The molecule has 1 atom stereocenters. The lowest BCUT2D eigenvalue weighted by atomic mass is 9.98. The summed E-state index contributed by atoms with van der Waals surface area (Å²) in [5.74, 6) is 0.302. The molecule has 0 spiro atoms. The molecular weight excluding hydrogens is 280 g/mol. The molecule has 0 aliphatic carbocycles. The van der Waals surface area contributed by atoms with Crippen molar-refractivity contribution in [1.82, 2.24) is 9.80 Å². The van der Waals surface area contributed by atoms with Crippen LogP contribution in [0.15, 0.2) is 11.4 Å². The van der Waals surface area contributed by atoms with Crippen LogP contribution in [-0.2, 0) is 11.2 Å². The maximum absolute atomic E-state index is 12.6. The molecule has 0 saturated carbocycles. The summed E-state index contributed by atoms with van der Waals surface area (Å²) >= 11 is 1.87. The molecule has 3 nitrogen and oxygen atoms in total. The smallest absolute Gasteiger partial charge is 0.236 e. The Bertz CT molecular complexity index is 451. The van der Waals surface area contributed by atoms with Gasteiger partial charge in [0.25, 0.3) is 0 Å². The highest BCUT2D eigenvalue weighted by Gasteiger charge is 2.29. The van der Waals surface area contributed by atoms with Crippen molar-refractivity contribution in [2.45, 2.75) is 52.5 Å². The van der Waals surface area contributed by atoms with Crippen molar-refractivity contribution in [3.8, 4) is 0 Å². The molecule has 1 aromatic heterocycles. The molecule has 1 amide bonds. The van der Waals surface area contributed by atoms with Gasteiger partial charge in [0, 0.05) is 30.6 Å². The molecular formula is C17H28N2OS. The standard InChI is InChI=1S/C17H28N2OS/c1-4-9-18(10-5-2)17(20)13-19-11-7-16-14(8-12-21-16)15(19)6-3/h8,12,15H,4-7,9-11,13H2,1-3H3/t15-/m0/s1. The van der Waals surface area contributed by atoms with Gasteiger partial charge in [-0.05, 0) is 42.7 Å². The Labute approximate surface area is 132 Å². The largest absolute Gasteiger partial charge is 0.342 e. The molecule has 0 N–H and O–H groups in total. The van der Waals surface area contributed by atoms with Crippen LogP contribution < -0.4 is 0 Å². The van der Waals surface area contributed by atoms with Crippen LogP contribution in [0.25, 0.3) is 0 Å². The Kier molecular flexibility index (Phi) is 6.24. The van der Waals surface area contributed by atoms with Crippen molar-refractivity contribution in [3.63, 3.8) is 0 Å². The summed E-state index contributed by atoms with van der Waals surface area (Å²) in [6.07, 6.45) is 4.26. The minimum absolute atomic E-state index is 0.302. The number of hydrogen-bond acceptors (Lipinski definition) is 3. The predicted octanol–water partition coefficient (Wildman–Crippen LogP) is 3.71. The van der Waals surface area contributed by atoms with Gasteiger partial charge in [-0.2, -0.15) is 0 Å². The Balaban J connectivity index is 2.03. The third-order valence-corrected chi connectivity index (χ3v) is 5.27. The van der Waals surface area contributed by atoms with E-state index < -0.39 is 0 Å². The van der Waals surface area contributed by atoms with Gasteiger partial charge in [0.1, 0.15) is 0 Å². The zero-order valence-corrected chi connectivity index (χ0v) is 14.4. The monoisotopic (exact) mass is 308 g/mol. The molecule has 0 radical (unpaired) electrons. The van der Waals surface area contributed by atoms with Gasteiger partial charge in [0.2, 0.25) is 5.91 Å². The van der Waals surface area contributed by atoms with Crippen LogP contribution in [0.1, 0.15) is 56.5 Å². The number of rotatable bonds is 7. The molecule has 1 aromatic rings. The first-order chi connectivity index (χ1) is 10.2. The molecule has 0 fully saturated rings. The van der Waals surface area contributed by atoms with Crippen molar-refractivity contribution in [1.29, 1.82) is 0 Å². The molecule has 2 heterocycles. The van der Waals surface area contributed by atoms with Crippen molar-refractivity contribution in [3.05, 3.63) is 21.9 Å². The lowest BCUT2D eigenvalue weighted by molar-refractivity contribution is -0.133. The van der Waals surface area contributed by atoms with E-state index in [0.29, 0.717) is 18.5 Å². The summed E-state index contributed by atoms with van der Waals surface area (Å²) in [7, 11) is 0. The van der Waals surface area contributed by atoms with Crippen molar-refractivity contribution in [2.24, 2.45) is 0 Å². The van der Waals surface area contributed by atoms with E-state index in [1.807, 2.05) is 16.2 Å². The van der Waals surface area contributed by atoms with Crippen molar-refractivity contribution in [2.75, 3.05) is 26.2 Å². The molecule has 0 aromatic carbocycles. The zero-order valence-electron chi connectivity index (χ0n) is 13.6. The van der Waals surface area contributed by atoms with Gasteiger partial charge in [0.05, 0.1) is 6.54 Å². The Morgan fingerprint density at radius 2 is 2.05 bits per heavy atom. The molecule has 0 saturated heterocycles. The van der Waals surface area contributed by atoms with E-state index in [4.69, 9.17) is 0 Å². The Morgan fingerprint density at radius 1 is 1.33 bits per heavy atom. The summed E-state index contributed by atoms with van der Waals surface area (Å²) in [6.45, 7) is 9.89. The van der Waals surface area contributed by atoms with E-state index in [9.17, 15) is 4.79 Å². The topological polar surface area (TPSA) is 23.6 Å². The van der Waals surface area contributed by atoms with Gasteiger partial charge in [-0.15, -0.1) is 11.3 Å². The number of thiophene rings is 1. The van der Waals surface area contributed by atoms with E-state index >= 15 is 0 Å². The van der Waals surface area contributed by atoms with Gasteiger partial charge in [-0.3, -0.25) is 9.69 Å². The summed E-state index contributed by atoms with van der Waals surface area (Å²) in [5, 5.41) is 2.19. The quantitative estimate of drug-likeness (QED) is 0.766. The number of fused-ring (bicyclic) bond motifs is 1. The molecule has 1 aliphatic heterocycles. The van der Waals surface area contributed by atoms with Crippen molar-refractivity contribution >= 4 is 17.2 Å². The maximum atomic E-state index is 12.6. The first-order valence-corrected chi connectivity index (χ1v) is 9.17. The van der Waals surface area contributed by atoms with Gasteiger partial charge >= 0.3 is 0 Å². The van der Waals surface area contributed by atoms with Gasteiger partial charge in [-0.25, -0.2) is 0 Å². The van der Waals surface area contributed by atoms with Crippen LogP contribution in [0.2, 0.25) is 0 Å². The number of carbonyl (C=O) groups excluding carboxylic acids is 1. The average molecular weight is 308 g/mol. The predicted molar refractivity (Wildman–Crippen MR) is 89.8 cm³/mol. The fourth-order valence-electron chi connectivity index (χ4n) is 3.29. The van der Waals surface area contributed by atoms with Crippen LogP contribution in [-0.4, -0.2) is 41.9 Å². The second-order valence-electron chi connectivity index (χ2n) is 5.82. The SMILES string of the molecule is CCCN(CCC)C(=O)CN1CCc2sccc2[C@@H]1CC. The molecule has 0 unspecified atom stereocenters. The summed E-state index contributed by atoms with van der Waals surface area (Å²) in [5.41, 5.74) is 1.46. The summed E-state index contributed by atoms with van der Waals surface area (Å²) < 4.78 is 0. The highest BCUT2D eigenvalue weighted by Crippen LogP contribution is 2.34. The van der Waals surface area contributed by atoms with Gasteiger partial charge < -0.3 is 4.90 Å². The molecule has 1 aliphatic rings. The fraction of sp³-hybridized carbons (Fsp3) is 0.706. The fourth-order valence-corrected chi connectivity index (χ4v) is 4.22. The van der Waals surface area contributed by atoms with E-state index in [0.717, 1.165) is 45.3 Å². The molecule has 0 bridgehead atoms. The number of hydrogen-bond donors (Lipinski definition) is 0. The first-order valence-electron chi connectivity index (χ1n) is 8.29. The number of carbonyl (C=O) groups is 1. The van der Waals surface area contributed by atoms with Crippen LogP contribution in [0.4, 0.5) is 0 Å². The second kappa shape index (κ2) is 7.95. The Morgan fingerprint density at radius 3 is 2.67 bits per heavy atom. The highest BCUT2D eigenvalue weighted by molar-refractivity contribution is 7.10. The average Bonchev–Trinajstić information content (AvgIpc) is 2.95. The van der Waals surface area contributed by atoms with Crippen LogP contribution in [0.5, 0.6) is 0 Å². The van der Waals surface area contributed by atoms with Gasteiger partial charge in [-0.1, -0.05) is 20.8 Å². The van der Waals surface area contributed by atoms with Crippen LogP contribution >= 0.6 is 11.3 Å². The molecule has 2 rings (SSSR count). The maximum Gasteiger partial charge on any atom is 0.236 e. The zero-order chi connectivity index (χ0) is 15.2. The summed E-state index contributed by atoms with van der Waals surface area (Å²) in [6, 6.07) is 2.68. The highest BCUT2D eigenvalue weighted by atomic mass is 32.1. The lowest BCUT2D eigenvalue weighted by Crippen LogP contribution is -2.44. The van der Waals surface area contributed by atoms with Crippen molar-refractivity contribution < 1.29 is 4.79 Å². The summed E-state index contributed by atoms with van der Waals surface area (Å²) in [4.78, 5) is 18.5. The van der Waals surface area contributed by atoms with Crippen LogP contribution in [0, 0.1) is 0 Å². The number of amides is 1. The lowest BCUT2D eigenvalue weighted by Gasteiger charge is -2.36. The van der Waals surface area contributed by atoms with E-state index in [2.05, 4.69) is 37.1 Å². The third-order valence-electron chi connectivity index (χ3n) is 4.27. The normalized spacial score (nSPS) is 18.5. The van der Waals surface area contributed by atoms with E-state index in [-0.39, 0.29) is 0 Å². The first kappa shape index (κ1) is 16.5. The molecule has 118 valence electrons. The molecule has 4 heteroatoms. The minimum Gasteiger partial charge on any atom is -0.342 e. The third kappa shape index (κ3) is 3.86. The van der Waals surface area contributed by atoms with E-state index in [1.165, 1.54) is 10.4 Å². The second-order valence-corrected chi connectivity index (χ2v) is 6.83. The molecule has 21 heavy (non-hydrogen) atoms.